The van der Waals surface area contributed by atoms with E-state index in [0.717, 1.165) is 50.9 Å². The van der Waals surface area contributed by atoms with Crippen molar-refractivity contribution in [2.24, 2.45) is 0 Å². The van der Waals surface area contributed by atoms with Crippen LogP contribution in [-0.2, 0) is 26.5 Å². The minimum absolute atomic E-state index is 0. The van der Waals surface area contributed by atoms with Crippen molar-refractivity contribution in [2.75, 3.05) is 9.62 Å². The largest absolute Gasteiger partial charge is 0.510 e. The number of hydrogen-bond acceptors (Lipinski definition) is 4. The number of ether oxygens (including phenoxy) is 1. The quantitative estimate of drug-likeness (QED) is 0.0948. The maximum atomic E-state index is 6.67. The molecule has 0 aliphatic carbocycles. The Morgan fingerprint density at radius 1 is 0.673 bits per heavy atom. The molecular weight excluding hydrogens is 856 g/mol. The van der Waals surface area contributed by atoms with Crippen molar-refractivity contribution in [1.82, 2.24) is 9.55 Å². The summed E-state index contributed by atoms with van der Waals surface area (Å²) in [5.41, 5.74) is 13.0. The molecule has 0 fully saturated rings. The Morgan fingerprint density at radius 3 is 2.16 bits per heavy atom. The second kappa shape index (κ2) is 13.4. The molecule has 0 saturated carbocycles. The Labute approximate surface area is 336 Å². The van der Waals surface area contributed by atoms with Gasteiger partial charge in [0.05, 0.1) is 22.4 Å². The Hall–Kier alpha value is -5.91. The molecule has 8 aromatic rings. The molecule has 55 heavy (non-hydrogen) atoms. The smallest absolute Gasteiger partial charge is 0.420 e. The van der Waals surface area contributed by atoms with Gasteiger partial charge >= 0.3 is 6.98 Å². The van der Waals surface area contributed by atoms with Gasteiger partial charge in [-0.1, -0.05) is 103 Å². The van der Waals surface area contributed by atoms with E-state index >= 15 is 0 Å². The molecule has 2 aliphatic rings. The number of rotatable bonds is 6. The van der Waals surface area contributed by atoms with Crippen molar-refractivity contribution in [3.05, 3.63) is 186 Å². The van der Waals surface area contributed by atoms with Gasteiger partial charge in [0.15, 0.2) is 0 Å². The van der Waals surface area contributed by atoms with E-state index in [1.54, 1.807) is 0 Å². The van der Waals surface area contributed by atoms with E-state index < -0.39 is 0 Å². The number of imidazole rings is 1. The fraction of sp³-hybridized carbons (Fsp3) is 0.106. The van der Waals surface area contributed by atoms with Crippen LogP contribution < -0.4 is 24.4 Å². The van der Waals surface area contributed by atoms with Gasteiger partial charge in [-0.2, -0.15) is 12.1 Å². The topological polar surface area (TPSA) is 37.4 Å². The van der Waals surface area contributed by atoms with Gasteiger partial charge in [0, 0.05) is 44.4 Å². The van der Waals surface area contributed by atoms with Crippen LogP contribution in [0.15, 0.2) is 146 Å². The van der Waals surface area contributed by atoms with Crippen molar-refractivity contribution in [1.29, 1.82) is 0 Å². The van der Waals surface area contributed by atoms with E-state index in [9.17, 15) is 0 Å². The van der Waals surface area contributed by atoms with Crippen molar-refractivity contribution in [3.63, 3.8) is 0 Å². The monoisotopic (exact) mass is 892 g/mol. The Bertz CT molecular complexity index is 2710. The van der Waals surface area contributed by atoms with E-state index in [0.29, 0.717) is 11.5 Å². The van der Waals surface area contributed by atoms with Crippen molar-refractivity contribution >= 4 is 46.4 Å². The standard InChI is InChI=1S/C47H36BN5O.Pt/c1-32-15-11-16-33(2)44(32)48-52(35-19-9-6-10-20-35)42-25-14-28-49-46(42)53(48)36-21-12-22-37(29-36)54-38-26-27-39-43(30-38)51-31-50(34-17-7-5-8-18-34)41-24-13-23-40(45(41)51)47(39,3)4;/h5-28H,1-4H3;/q-2;. The summed E-state index contributed by atoms with van der Waals surface area (Å²) in [5, 5.41) is 0. The number of aryl methyl sites for hydroxylation is 2. The number of fused-ring (bicyclic) bond motifs is 3. The molecule has 0 bridgehead atoms. The summed E-state index contributed by atoms with van der Waals surface area (Å²) in [6.07, 6.45) is 5.52. The van der Waals surface area contributed by atoms with E-state index in [1.807, 2.05) is 36.5 Å². The zero-order valence-electron chi connectivity index (χ0n) is 30.9. The molecule has 0 saturated heterocycles. The summed E-state index contributed by atoms with van der Waals surface area (Å²) < 4.78 is 10.9. The van der Waals surface area contributed by atoms with E-state index in [4.69, 9.17) is 9.72 Å². The molecule has 270 valence electrons. The molecule has 0 unspecified atom stereocenters. The average molecular weight is 893 g/mol. The Morgan fingerprint density at radius 2 is 1.38 bits per heavy atom. The molecule has 0 spiro atoms. The maximum Gasteiger partial charge on any atom is 0.420 e. The number of anilines is 4. The Kier molecular flexibility index (Phi) is 8.51. The predicted octanol–water partition coefficient (Wildman–Crippen LogP) is 9.43. The van der Waals surface area contributed by atoms with E-state index in [-0.39, 0.29) is 33.5 Å². The number of pyridine rings is 1. The number of hydrogen-bond donors (Lipinski definition) is 0. The van der Waals surface area contributed by atoms with Crippen LogP contribution in [0.25, 0.3) is 22.4 Å². The first-order chi connectivity index (χ1) is 26.4. The maximum absolute atomic E-state index is 6.67. The fourth-order valence-electron chi connectivity index (χ4n) is 8.43. The van der Waals surface area contributed by atoms with Crippen LogP contribution in [0, 0.1) is 32.3 Å². The van der Waals surface area contributed by atoms with E-state index in [1.165, 1.54) is 22.2 Å². The zero-order chi connectivity index (χ0) is 36.6. The van der Waals surface area contributed by atoms with Gasteiger partial charge in [-0.3, -0.25) is 4.57 Å². The summed E-state index contributed by atoms with van der Waals surface area (Å²) >= 11 is 0. The third-order valence-corrected chi connectivity index (χ3v) is 11.0. The van der Waals surface area contributed by atoms with Crippen LogP contribution in [0.3, 0.4) is 0 Å². The molecule has 8 heteroatoms. The van der Waals surface area contributed by atoms with Gasteiger partial charge in [0.1, 0.15) is 5.82 Å². The average Bonchev–Trinajstić information content (AvgIpc) is 3.75. The summed E-state index contributed by atoms with van der Waals surface area (Å²) in [4.78, 5) is 9.64. The van der Waals surface area contributed by atoms with Gasteiger partial charge in [-0.25, -0.2) is 4.98 Å². The van der Waals surface area contributed by atoms with Crippen molar-refractivity contribution in [2.45, 2.75) is 33.1 Å². The van der Waals surface area contributed by atoms with Gasteiger partial charge in [0.25, 0.3) is 6.33 Å². The molecule has 10 rings (SSSR count). The first-order valence-electron chi connectivity index (χ1n) is 18.4. The number of para-hydroxylation sites is 3. The number of nitrogens with zero attached hydrogens (tertiary/aromatic N) is 5. The minimum Gasteiger partial charge on any atom is -0.510 e. The summed E-state index contributed by atoms with van der Waals surface area (Å²) in [7, 11) is 0. The van der Waals surface area contributed by atoms with Gasteiger partial charge in [-0.15, -0.1) is 35.9 Å². The van der Waals surface area contributed by atoms with Gasteiger partial charge < -0.3 is 18.9 Å². The predicted molar refractivity (Wildman–Crippen MR) is 216 cm³/mol. The normalized spacial score (nSPS) is 13.7. The third-order valence-electron chi connectivity index (χ3n) is 11.0. The van der Waals surface area contributed by atoms with Crippen molar-refractivity contribution < 1.29 is 30.4 Å². The van der Waals surface area contributed by atoms with Gasteiger partial charge in [0.2, 0.25) is 0 Å². The van der Waals surface area contributed by atoms with Crippen LogP contribution >= 0.6 is 0 Å². The molecule has 4 heterocycles. The first kappa shape index (κ1) is 34.8. The minimum atomic E-state index is -0.254. The van der Waals surface area contributed by atoms with Gasteiger partial charge in [-0.05, 0) is 72.4 Å². The van der Waals surface area contributed by atoms with E-state index in [2.05, 4.69) is 174 Å². The fourth-order valence-corrected chi connectivity index (χ4v) is 8.43. The molecule has 0 amide bonds. The first-order valence-corrected chi connectivity index (χ1v) is 18.4. The van der Waals surface area contributed by atoms with Crippen LogP contribution in [0.4, 0.5) is 22.9 Å². The van der Waals surface area contributed by atoms with Crippen molar-refractivity contribution in [3.8, 4) is 22.9 Å². The summed E-state index contributed by atoms with van der Waals surface area (Å²) in [6.45, 7) is 8.73. The molecule has 0 atom stereocenters. The second-order valence-corrected chi connectivity index (χ2v) is 14.6. The summed E-state index contributed by atoms with van der Waals surface area (Å²) in [6, 6.07) is 55.7. The Balaban J connectivity index is 0.00000397. The van der Waals surface area contributed by atoms with Crippen LogP contribution in [0.2, 0.25) is 0 Å². The molecular formula is C47H36BN5OPt-2. The second-order valence-electron chi connectivity index (χ2n) is 14.6. The molecule has 2 aliphatic heterocycles. The molecule has 6 nitrogen and oxygen atoms in total. The molecule has 0 N–H and O–H groups in total. The molecule has 2 aromatic heterocycles. The zero-order valence-corrected chi connectivity index (χ0v) is 33.2. The SMILES string of the molecule is Cc1cccc(C)c1B1N(c2ccccc2)c2cccnc2N1c1[c-]c(Oc2[c-]c3c(cc2)C(C)(C)c2cccc4c2n-3[c-][n+]4-c2ccccc2)ccc1.[Pt]. The number of aromatic nitrogens is 3. The van der Waals surface area contributed by atoms with Crippen LogP contribution in [0.5, 0.6) is 11.5 Å². The molecule has 0 radical (unpaired) electrons. The van der Waals surface area contributed by atoms with Crippen LogP contribution in [0.1, 0.15) is 36.1 Å². The number of benzene rings is 6. The van der Waals surface area contributed by atoms with Crippen LogP contribution in [-0.4, -0.2) is 16.5 Å². The molecule has 6 aromatic carbocycles. The summed E-state index contributed by atoms with van der Waals surface area (Å²) in [5.74, 6) is 2.06. The third kappa shape index (κ3) is 5.52.